The van der Waals surface area contributed by atoms with E-state index in [1.54, 1.807) is 0 Å². The van der Waals surface area contributed by atoms with Crippen LogP contribution in [-0.4, -0.2) is 46.4 Å². The van der Waals surface area contributed by atoms with Crippen molar-refractivity contribution in [3.63, 3.8) is 0 Å². The topological polar surface area (TPSA) is 90.2 Å². The van der Waals surface area contributed by atoms with E-state index in [4.69, 9.17) is 14.5 Å². The van der Waals surface area contributed by atoms with Crippen LogP contribution in [-0.2, 0) is 12.8 Å². The summed E-state index contributed by atoms with van der Waals surface area (Å²) < 4.78 is 15.3. The van der Waals surface area contributed by atoms with Gasteiger partial charge in [-0.25, -0.2) is 4.98 Å². The standard InChI is InChI=1S/C51H55N3O5/c1-26(2)12-10-14-30-20-38-39(21-31(30)15-11-13-27(3)4)54-48(52-38)36-22-40(58-24-28(5)6)46-44-32(17-19-35(42(36)44)51(54)57)33-16-18-34-43-37(50(56)53(9)49(34)55)23-41(47(46)45(33)43)59-25-29(7)8/h16-23,26-29H,10-15,24-25H2,1-9H3. The molecule has 0 bridgehead atoms. The third-order valence-electron chi connectivity index (χ3n) is 12.4. The minimum absolute atomic E-state index is 0.101. The zero-order valence-corrected chi connectivity index (χ0v) is 36.0. The first-order chi connectivity index (χ1) is 28.2. The number of ether oxygens (including phenoxy) is 2. The Hall–Kier alpha value is -5.50. The molecule has 6 aromatic carbocycles. The lowest BCUT2D eigenvalue weighted by Crippen LogP contribution is -2.37. The number of carbonyl (C=O) groups is 2. The van der Waals surface area contributed by atoms with Gasteiger partial charge in [0.15, 0.2) is 0 Å². The Morgan fingerprint density at radius 3 is 1.71 bits per heavy atom. The highest BCUT2D eigenvalue weighted by Crippen LogP contribution is 2.52. The van der Waals surface area contributed by atoms with E-state index in [0.29, 0.717) is 64.1 Å². The predicted molar refractivity (Wildman–Crippen MR) is 242 cm³/mol. The molecule has 0 saturated heterocycles. The van der Waals surface area contributed by atoms with Gasteiger partial charge in [-0.1, -0.05) is 80.4 Å². The smallest absolute Gasteiger partial charge is 0.264 e. The summed E-state index contributed by atoms with van der Waals surface area (Å²) >= 11 is 0. The molecule has 59 heavy (non-hydrogen) atoms. The van der Waals surface area contributed by atoms with Crippen molar-refractivity contribution in [2.45, 2.75) is 93.9 Å². The van der Waals surface area contributed by atoms with Gasteiger partial charge in [0, 0.05) is 55.7 Å². The van der Waals surface area contributed by atoms with Crippen molar-refractivity contribution in [3.05, 3.63) is 81.1 Å². The fourth-order valence-electron chi connectivity index (χ4n) is 9.51. The van der Waals surface area contributed by atoms with Gasteiger partial charge < -0.3 is 9.47 Å². The maximum atomic E-state index is 15.1. The lowest BCUT2D eigenvalue weighted by Gasteiger charge is -2.28. The summed E-state index contributed by atoms with van der Waals surface area (Å²) in [5.41, 5.74) is 5.75. The SMILES string of the molecule is CC(C)CCCc1cc2nc3c4cc(OCC(C)C)c5c6c(OCC(C)C)cc7c8c(ccc(c9ccc(c(=O)n3c2cc1CCCC(C)C)c4c95)c86)C(=O)N(C)C7=O. The lowest BCUT2D eigenvalue weighted by atomic mass is 9.83. The van der Waals surface area contributed by atoms with E-state index in [9.17, 15) is 9.59 Å². The molecule has 2 amide bonds. The van der Waals surface area contributed by atoms with Crippen LogP contribution in [0.3, 0.4) is 0 Å². The summed E-state index contributed by atoms with van der Waals surface area (Å²) in [6.45, 7) is 18.4. The van der Waals surface area contributed by atoms with E-state index in [0.717, 1.165) is 92.6 Å². The third kappa shape index (κ3) is 6.24. The van der Waals surface area contributed by atoms with Gasteiger partial charge in [-0.2, -0.15) is 0 Å². The highest BCUT2D eigenvalue weighted by atomic mass is 16.5. The summed E-state index contributed by atoms with van der Waals surface area (Å²) in [6.07, 6.45) is 6.47. The quantitative estimate of drug-likeness (QED) is 0.0619. The molecular formula is C51H55N3O5. The predicted octanol–water partition coefficient (Wildman–Crippen LogP) is 11.7. The fourth-order valence-corrected chi connectivity index (χ4v) is 9.51. The molecule has 0 radical (unpaired) electrons. The van der Waals surface area contributed by atoms with E-state index in [1.807, 2.05) is 34.7 Å². The molecule has 1 aliphatic rings. The minimum Gasteiger partial charge on any atom is -0.493 e. The first kappa shape index (κ1) is 39.0. The number of carbonyl (C=O) groups excluding carboxylic acids is 2. The number of hydrogen-bond donors (Lipinski definition) is 0. The van der Waals surface area contributed by atoms with Crippen molar-refractivity contribution in [1.29, 1.82) is 0 Å². The summed E-state index contributed by atoms with van der Waals surface area (Å²) in [6, 6.07) is 16.2. The Kier molecular flexibility index (Phi) is 9.68. The van der Waals surface area contributed by atoms with Gasteiger partial charge in [0.1, 0.15) is 17.1 Å². The molecule has 8 nitrogen and oxygen atoms in total. The summed E-state index contributed by atoms with van der Waals surface area (Å²) in [5.74, 6) is 2.22. The first-order valence-electron chi connectivity index (χ1n) is 21.7. The second kappa shape index (κ2) is 14.6. The van der Waals surface area contributed by atoms with Crippen LogP contribution in [0.4, 0.5) is 0 Å². The number of imide groups is 1. The monoisotopic (exact) mass is 789 g/mol. The number of amides is 2. The Bertz CT molecular complexity index is 3050. The van der Waals surface area contributed by atoms with Crippen molar-refractivity contribution in [3.8, 4) is 11.5 Å². The van der Waals surface area contributed by atoms with Crippen LogP contribution >= 0.6 is 0 Å². The summed E-state index contributed by atoms with van der Waals surface area (Å²) in [4.78, 5) is 49.1. The van der Waals surface area contributed by atoms with Gasteiger partial charge >= 0.3 is 0 Å². The number of pyridine rings is 1. The molecule has 304 valence electrons. The molecule has 0 N–H and O–H groups in total. The Morgan fingerprint density at radius 1 is 0.559 bits per heavy atom. The molecular weight excluding hydrogens is 735 g/mol. The molecule has 8 aromatic rings. The highest BCUT2D eigenvalue weighted by molar-refractivity contribution is 6.42. The van der Waals surface area contributed by atoms with E-state index in [1.165, 1.54) is 23.1 Å². The van der Waals surface area contributed by atoms with Gasteiger partial charge in [0.2, 0.25) is 0 Å². The van der Waals surface area contributed by atoms with Crippen LogP contribution in [0.1, 0.15) is 113 Å². The first-order valence-corrected chi connectivity index (χ1v) is 21.7. The largest absolute Gasteiger partial charge is 0.493 e. The number of aryl methyl sites for hydroxylation is 2. The van der Waals surface area contributed by atoms with Gasteiger partial charge in [-0.05, 0) is 108 Å². The number of hydrogen-bond acceptors (Lipinski definition) is 6. The average Bonchev–Trinajstić information content (AvgIpc) is 3.57. The molecule has 0 fully saturated rings. The van der Waals surface area contributed by atoms with Gasteiger partial charge in [-0.3, -0.25) is 23.7 Å². The number of fused-ring (bicyclic) bond motifs is 6. The van der Waals surface area contributed by atoms with Crippen molar-refractivity contribution in [1.82, 2.24) is 14.3 Å². The second-order valence-corrected chi connectivity index (χ2v) is 18.8. The number of nitrogens with zero attached hydrogens (tertiary/aromatic N) is 3. The normalized spacial score (nSPS) is 13.7. The molecule has 0 atom stereocenters. The van der Waals surface area contributed by atoms with E-state index in [-0.39, 0.29) is 29.2 Å². The van der Waals surface area contributed by atoms with Crippen LogP contribution in [0, 0.1) is 23.7 Å². The van der Waals surface area contributed by atoms with Crippen LogP contribution < -0.4 is 15.0 Å². The maximum absolute atomic E-state index is 15.1. The number of imidazole rings is 1. The summed E-state index contributed by atoms with van der Waals surface area (Å²) in [5, 5.41) is 8.00. The van der Waals surface area contributed by atoms with Crippen LogP contribution in [0.2, 0.25) is 0 Å². The van der Waals surface area contributed by atoms with Crippen LogP contribution in [0.25, 0.3) is 70.5 Å². The molecule has 1 aliphatic heterocycles. The average molecular weight is 790 g/mol. The lowest BCUT2D eigenvalue weighted by molar-refractivity contribution is 0.0650. The maximum Gasteiger partial charge on any atom is 0.264 e. The van der Waals surface area contributed by atoms with Gasteiger partial charge in [0.05, 0.1) is 29.8 Å². The van der Waals surface area contributed by atoms with Crippen molar-refractivity contribution in [2.75, 3.05) is 20.3 Å². The highest BCUT2D eigenvalue weighted by Gasteiger charge is 2.35. The molecule has 0 spiro atoms. The fraction of sp³-hybridized carbons (Fsp3) is 0.412. The van der Waals surface area contributed by atoms with Crippen LogP contribution in [0.5, 0.6) is 11.5 Å². The second-order valence-electron chi connectivity index (χ2n) is 18.8. The molecule has 0 aliphatic carbocycles. The zero-order chi connectivity index (χ0) is 41.6. The Morgan fingerprint density at radius 2 is 1.10 bits per heavy atom. The van der Waals surface area contributed by atoms with Crippen molar-refractivity contribution < 1.29 is 19.1 Å². The van der Waals surface area contributed by atoms with Gasteiger partial charge in [0.25, 0.3) is 17.4 Å². The molecule has 8 heteroatoms. The molecule has 2 aromatic heterocycles. The van der Waals surface area contributed by atoms with Crippen LogP contribution in [0.15, 0.2) is 53.3 Å². The van der Waals surface area contributed by atoms with Crippen molar-refractivity contribution in [2.24, 2.45) is 23.7 Å². The minimum atomic E-state index is -0.358. The zero-order valence-electron chi connectivity index (χ0n) is 36.0. The molecule has 0 unspecified atom stereocenters. The Labute approximate surface area is 345 Å². The molecule has 3 heterocycles. The van der Waals surface area contributed by atoms with E-state index >= 15 is 4.79 Å². The summed E-state index contributed by atoms with van der Waals surface area (Å²) in [7, 11) is 1.53. The van der Waals surface area contributed by atoms with Crippen molar-refractivity contribution >= 4 is 82.4 Å². The number of aromatic nitrogens is 2. The number of benzene rings is 6. The molecule has 9 rings (SSSR count). The third-order valence-corrected chi connectivity index (χ3v) is 12.4. The van der Waals surface area contributed by atoms with E-state index < -0.39 is 0 Å². The Balaban J connectivity index is 1.41. The van der Waals surface area contributed by atoms with E-state index in [2.05, 4.69) is 73.6 Å². The number of rotatable bonds is 14. The van der Waals surface area contributed by atoms with Gasteiger partial charge in [-0.15, -0.1) is 0 Å². The molecule has 0 saturated carbocycles.